The molecule has 5 heteroatoms. The molecule has 1 aliphatic rings. The van der Waals surface area contributed by atoms with Crippen molar-refractivity contribution in [2.24, 2.45) is 0 Å². The smallest absolute Gasteiger partial charge is 0.185 e. The average molecular weight is 296 g/mol. The number of nitrogens with zero attached hydrogens (tertiary/aromatic N) is 3. The van der Waals surface area contributed by atoms with E-state index in [0.717, 1.165) is 32.7 Å². The summed E-state index contributed by atoms with van der Waals surface area (Å²) in [7, 11) is 0. The molecule has 2 rings (SSSR count). The predicted molar refractivity (Wildman–Crippen MR) is 87.7 cm³/mol. The highest BCUT2D eigenvalue weighted by atomic mass is 32.1. The highest BCUT2D eigenvalue weighted by Crippen LogP contribution is 2.28. The Labute approximate surface area is 127 Å². The standard InChI is InChI=1S/C15H28N4S/c1-6-16-12(2)13-11-17-14(20-13)18-7-9-19(10-8-18)15(3,4)5/h11-12,16H,6-10H2,1-5H3. The van der Waals surface area contributed by atoms with Gasteiger partial charge in [-0.25, -0.2) is 4.98 Å². The first-order chi connectivity index (χ1) is 9.41. The highest BCUT2D eigenvalue weighted by Gasteiger charge is 2.27. The van der Waals surface area contributed by atoms with Gasteiger partial charge in [-0.05, 0) is 34.2 Å². The van der Waals surface area contributed by atoms with Crippen LogP contribution in [0.25, 0.3) is 0 Å². The largest absolute Gasteiger partial charge is 0.346 e. The van der Waals surface area contributed by atoms with Gasteiger partial charge in [0.1, 0.15) is 0 Å². The summed E-state index contributed by atoms with van der Waals surface area (Å²) in [5.41, 5.74) is 0.277. The number of nitrogens with one attached hydrogen (secondary N) is 1. The van der Waals surface area contributed by atoms with E-state index >= 15 is 0 Å². The molecular weight excluding hydrogens is 268 g/mol. The minimum atomic E-state index is 0.277. The molecule has 114 valence electrons. The van der Waals surface area contributed by atoms with Crippen molar-refractivity contribution in [3.63, 3.8) is 0 Å². The molecule has 1 aliphatic heterocycles. The van der Waals surface area contributed by atoms with Gasteiger partial charge in [0.2, 0.25) is 0 Å². The van der Waals surface area contributed by atoms with E-state index in [2.05, 4.69) is 54.7 Å². The second-order valence-corrected chi connectivity index (χ2v) is 7.51. The van der Waals surface area contributed by atoms with Gasteiger partial charge in [0.05, 0.1) is 0 Å². The molecule has 1 saturated heterocycles. The fourth-order valence-electron chi connectivity index (χ4n) is 2.60. The zero-order valence-corrected chi connectivity index (χ0v) is 14.3. The van der Waals surface area contributed by atoms with Crippen LogP contribution in [0, 0.1) is 0 Å². The minimum absolute atomic E-state index is 0.277. The summed E-state index contributed by atoms with van der Waals surface area (Å²) in [6.07, 6.45) is 2.03. The van der Waals surface area contributed by atoms with Crippen LogP contribution in [0.4, 0.5) is 5.13 Å². The quantitative estimate of drug-likeness (QED) is 0.926. The summed E-state index contributed by atoms with van der Waals surface area (Å²) in [4.78, 5) is 10.9. The van der Waals surface area contributed by atoms with E-state index in [0.29, 0.717) is 6.04 Å². The maximum Gasteiger partial charge on any atom is 0.185 e. The van der Waals surface area contributed by atoms with Crippen molar-refractivity contribution < 1.29 is 0 Å². The van der Waals surface area contributed by atoms with Crippen LogP contribution in [0.2, 0.25) is 0 Å². The fraction of sp³-hybridized carbons (Fsp3) is 0.800. The number of aromatic nitrogens is 1. The van der Waals surface area contributed by atoms with Gasteiger partial charge in [-0.2, -0.15) is 0 Å². The lowest BCUT2D eigenvalue weighted by molar-refractivity contribution is 0.128. The third kappa shape index (κ3) is 3.71. The van der Waals surface area contributed by atoms with Crippen LogP contribution < -0.4 is 10.2 Å². The van der Waals surface area contributed by atoms with Gasteiger partial charge in [0.15, 0.2) is 5.13 Å². The van der Waals surface area contributed by atoms with E-state index < -0.39 is 0 Å². The molecule has 0 aromatic carbocycles. The van der Waals surface area contributed by atoms with E-state index in [1.807, 2.05) is 17.5 Å². The molecule has 1 aromatic heterocycles. The van der Waals surface area contributed by atoms with Gasteiger partial charge >= 0.3 is 0 Å². The second kappa shape index (κ2) is 6.41. The Morgan fingerprint density at radius 2 is 1.95 bits per heavy atom. The summed E-state index contributed by atoms with van der Waals surface area (Å²) in [6, 6.07) is 0.405. The molecule has 1 fully saturated rings. The lowest BCUT2D eigenvalue weighted by atomic mass is 10.1. The molecule has 0 bridgehead atoms. The lowest BCUT2D eigenvalue weighted by Crippen LogP contribution is -2.53. The first-order valence-electron chi connectivity index (χ1n) is 7.61. The van der Waals surface area contributed by atoms with E-state index in [-0.39, 0.29) is 5.54 Å². The summed E-state index contributed by atoms with van der Waals surface area (Å²) in [6.45, 7) is 16.6. The van der Waals surface area contributed by atoms with Gasteiger partial charge in [0.25, 0.3) is 0 Å². The molecule has 1 N–H and O–H groups in total. The monoisotopic (exact) mass is 296 g/mol. The summed E-state index contributed by atoms with van der Waals surface area (Å²) < 4.78 is 0. The van der Waals surface area contributed by atoms with Crippen molar-refractivity contribution in [2.45, 2.75) is 46.2 Å². The van der Waals surface area contributed by atoms with E-state index in [1.54, 1.807) is 0 Å². The van der Waals surface area contributed by atoms with Crippen LogP contribution in [0.15, 0.2) is 6.20 Å². The fourth-order valence-corrected chi connectivity index (χ4v) is 3.59. The molecule has 1 unspecified atom stereocenters. The van der Waals surface area contributed by atoms with Gasteiger partial charge < -0.3 is 10.2 Å². The van der Waals surface area contributed by atoms with Crippen LogP contribution in [0.3, 0.4) is 0 Å². The summed E-state index contributed by atoms with van der Waals surface area (Å²) in [5.74, 6) is 0. The van der Waals surface area contributed by atoms with Crippen molar-refractivity contribution >= 4 is 16.5 Å². The normalized spacial score (nSPS) is 19.4. The van der Waals surface area contributed by atoms with Crippen molar-refractivity contribution in [1.82, 2.24) is 15.2 Å². The molecule has 4 nitrogen and oxygen atoms in total. The average Bonchev–Trinajstić information content (AvgIpc) is 2.88. The van der Waals surface area contributed by atoms with Crippen molar-refractivity contribution in [3.05, 3.63) is 11.1 Å². The lowest BCUT2D eigenvalue weighted by Gasteiger charge is -2.42. The Kier molecular flexibility index (Phi) is 5.04. The van der Waals surface area contributed by atoms with Crippen LogP contribution in [0.5, 0.6) is 0 Å². The summed E-state index contributed by atoms with van der Waals surface area (Å²) >= 11 is 1.83. The first-order valence-corrected chi connectivity index (χ1v) is 8.42. The molecule has 1 atom stereocenters. The van der Waals surface area contributed by atoms with E-state index in [4.69, 9.17) is 0 Å². The Balaban J connectivity index is 1.94. The van der Waals surface area contributed by atoms with Gasteiger partial charge in [-0.1, -0.05) is 6.92 Å². The minimum Gasteiger partial charge on any atom is -0.346 e. The van der Waals surface area contributed by atoms with Gasteiger partial charge in [-0.15, -0.1) is 11.3 Å². The molecule has 0 saturated carbocycles. The van der Waals surface area contributed by atoms with Crippen LogP contribution >= 0.6 is 11.3 Å². The van der Waals surface area contributed by atoms with Crippen molar-refractivity contribution in [1.29, 1.82) is 0 Å². The highest BCUT2D eigenvalue weighted by molar-refractivity contribution is 7.15. The zero-order valence-electron chi connectivity index (χ0n) is 13.4. The second-order valence-electron chi connectivity index (χ2n) is 6.47. The third-order valence-electron chi connectivity index (χ3n) is 3.95. The Bertz CT molecular complexity index is 416. The van der Waals surface area contributed by atoms with E-state index in [1.165, 1.54) is 10.0 Å². The number of rotatable bonds is 4. The Morgan fingerprint density at radius 1 is 1.30 bits per heavy atom. The molecule has 0 spiro atoms. The Hall–Kier alpha value is -0.650. The molecule has 0 aliphatic carbocycles. The maximum atomic E-state index is 4.62. The molecule has 1 aromatic rings. The molecule has 20 heavy (non-hydrogen) atoms. The molecule has 2 heterocycles. The van der Waals surface area contributed by atoms with Crippen LogP contribution in [0.1, 0.15) is 45.5 Å². The van der Waals surface area contributed by atoms with Crippen molar-refractivity contribution in [2.75, 3.05) is 37.6 Å². The van der Waals surface area contributed by atoms with Crippen molar-refractivity contribution in [3.8, 4) is 0 Å². The number of thiazole rings is 1. The molecular formula is C15H28N4S. The molecule has 0 amide bonds. The number of anilines is 1. The predicted octanol–water partition coefficient (Wildman–Crippen LogP) is 2.73. The number of hydrogen-bond acceptors (Lipinski definition) is 5. The SMILES string of the molecule is CCNC(C)c1cnc(N2CCN(C(C)(C)C)CC2)s1. The maximum absolute atomic E-state index is 4.62. The Morgan fingerprint density at radius 3 is 2.50 bits per heavy atom. The number of piperazine rings is 1. The first kappa shape index (κ1) is 15.7. The summed E-state index contributed by atoms with van der Waals surface area (Å²) in [5, 5.41) is 4.63. The number of hydrogen-bond donors (Lipinski definition) is 1. The van der Waals surface area contributed by atoms with Crippen LogP contribution in [-0.2, 0) is 0 Å². The van der Waals surface area contributed by atoms with Gasteiger partial charge in [0, 0.05) is 48.8 Å². The van der Waals surface area contributed by atoms with E-state index in [9.17, 15) is 0 Å². The van der Waals surface area contributed by atoms with Crippen LogP contribution in [-0.4, -0.2) is 48.1 Å². The third-order valence-corrected chi connectivity index (χ3v) is 5.19. The topological polar surface area (TPSA) is 31.4 Å². The van der Waals surface area contributed by atoms with Gasteiger partial charge in [-0.3, -0.25) is 4.90 Å². The zero-order chi connectivity index (χ0) is 14.8. The molecule has 0 radical (unpaired) electrons.